The van der Waals surface area contributed by atoms with Gasteiger partial charge in [0.15, 0.2) is 0 Å². The summed E-state index contributed by atoms with van der Waals surface area (Å²) in [6.45, 7) is 2.76. The van der Waals surface area contributed by atoms with E-state index in [0.29, 0.717) is 28.3 Å². The molecular formula is C25H27F3N2O2S2. The Labute approximate surface area is 206 Å². The van der Waals surface area contributed by atoms with Crippen LogP contribution in [0.5, 0.6) is 0 Å². The predicted octanol–water partition coefficient (Wildman–Crippen LogP) is 6.47. The summed E-state index contributed by atoms with van der Waals surface area (Å²) in [5.74, 6) is 1.69. The molecule has 0 unspecified atom stereocenters. The molecule has 3 rings (SSSR count). The summed E-state index contributed by atoms with van der Waals surface area (Å²) >= 11 is 3.13. The Hall–Kier alpha value is -2.39. The van der Waals surface area contributed by atoms with Gasteiger partial charge in [0.1, 0.15) is 0 Å². The Kier molecular flexibility index (Phi) is 9.13. The highest BCUT2D eigenvalue weighted by Gasteiger charge is 2.30. The van der Waals surface area contributed by atoms with Crippen LogP contribution in [0, 0.1) is 0 Å². The van der Waals surface area contributed by atoms with Crippen molar-refractivity contribution in [2.45, 2.75) is 37.3 Å². The molecule has 0 bridgehead atoms. The van der Waals surface area contributed by atoms with Crippen LogP contribution in [-0.4, -0.2) is 36.9 Å². The zero-order valence-electron chi connectivity index (χ0n) is 19.1. The van der Waals surface area contributed by atoms with Gasteiger partial charge in [0, 0.05) is 24.1 Å². The molecule has 0 spiro atoms. The number of carbonyl (C=O) groups is 2. The normalized spacial score (nSPS) is 14.9. The van der Waals surface area contributed by atoms with Gasteiger partial charge < -0.3 is 10.2 Å². The number of likely N-dealkylation sites (N-methyl/N-ethyl adjacent to an activating group) is 1. The van der Waals surface area contributed by atoms with Crippen molar-refractivity contribution < 1.29 is 22.8 Å². The Bertz CT molecular complexity index is 1050. The van der Waals surface area contributed by atoms with Crippen LogP contribution in [0.15, 0.2) is 52.3 Å². The summed E-state index contributed by atoms with van der Waals surface area (Å²) in [5.41, 5.74) is 0.875. The van der Waals surface area contributed by atoms with Gasteiger partial charge in [0.25, 0.3) is 11.8 Å². The molecule has 1 aliphatic heterocycles. The van der Waals surface area contributed by atoms with Crippen molar-refractivity contribution in [1.82, 2.24) is 5.32 Å². The first-order chi connectivity index (χ1) is 16.2. The highest BCUT2D eigenvalue weighted by Crippen LogP contribution is 2.42. The second-order valence-corrected chi connectivity index (χ2v) is 10.2. The third-order valence-corrected chi connectivity index (χ3v) is 7.48. The number of unbranched alkanes of at least 4 members (excludes halogenated alkanes) is 1. The second-order valence-electron chi connectivity index (χ2n) is 7.85. The number of hydrogen-bond donors (Lipinski definition) is 1. The predicted molar refractivity (Wildman–Crippen MR) is 134 cm³/mol. The average Bonchev–Trinajstić information content (AvgIpc) is 2.81. The lowest BCUT2D eigenvalue weighted by Crippen LogP contribution is -2.31. The van der Waals surface area contributed by atoms with E-state index >= 15 is 0 Å². The fraction of sp³-hybridized carbons (Fsp3) is 0.360. The Morgan fingerprint density at radius 1 is 1.12 bits per heavy atom. The van der Waals surface area contributed by atoms with Gasteiger partial charge in [-0.15, -0.1) is 0 Å². The number of anilines is 1. The van der Waals surface area contributed by atoms with E-state index in [1.54, 1.807) is 31.3 Å². The van der Waals surface area contributed by atoms with E-state index in [2.05, 4.69) is 12.2 Å². The minimum Gasteiger partial charge on any atom is -0.352 e. The average molecular weight is 509 g/mol. The van der Waals surface area contributed by atoms with Gasteiger partial charge in [-0.25, -0.2) is 0 Å². The lowest BCUT2D eigenvalue weighted by molar-refractivity contribution is -0.137. The maximum Gasteiger partial charge on any atom is 0.416 e. The molecule has 9 heteroatoms. The smallest absolute Gasteiger partial charge is 0.352 e. The van der Waals surface area contributed by atoms with E-state index in [0.717, 1.165) is 35.0 Å². The van der Waals surface area contributed by atoms with Crippen LogP contribution in [0.1, 0.15) is 47.7 Å². The summed E-state index contributed by atoms with van der Waals surface area (Å²) in [6, 6.07) is 9.88. The number of nitrogens with one attached hydrogen (secondary N) is 1. The Morgan fingerprint density at radius 3 is 2.50 bits per heavy atom. The number of nitrogens with zero attached hydrogens (tertiary/aromatic N) is 1. The van der Waals surface area contributed by atoms with Crippen LogP contribution < -0.4 is 10.2 Å². The van der Waals surface area contributed by atoms with Gasteiger partial charge in [-0.3, -0.25) is 9.59 Å². The number of thioether (sulfide) groups is 2. The molecule has 2 amide bonds. The Morgan fingerprint density at radius 2 is 1.82 bits per heavy atom. The number of fused-ring (bicyclic) bond motifs is 1. The molecule has 0 aromatic heterocycles. The number of carbonyl (C=O) groups excluding carboxylic acids is 2. The fourth-order valence-electron chi connectivity index (χ4n) is 3.28. The SMILES string of the molecule is CCCCSCCCNC(=O)c1ccc2c(c1)N(C)C(=O)C(=Cc1ccc(C(F)(F)F)cc1)S2. The molecule has 1 N–H and O–H groups in total. The second kappa shape index (κ2) is 11.8. The van der Waals surface area contributed by atoms with E-state index in [4.69, 9.17) is 0 Å². The van der Waals surface area contributed by atoms with Gasteiger partial charge in [0.05, 0.1) is 16.2 Å². The molecule has 4 nitrogen and oxygen atoms in total. The summed E-state index contributed by atoms with van der Waals surface area (Å²) in [5, 5.41) is 2.93. The maximum absolute atomic E-state index is 12.9. The molecule has 2 aromatic rings. The topological polar surface area (TPSA) is 49.4 Å². The highest BCUT2D eigenvalue weighted by molar-refractivity contribution is 8.04. The van der Waals surface area contributed by atoms with E-state index < -0.39 is 11.7 Å². The molecule has 2 aromatic carbocycles. The molecule has 1 heterocycles. The van der Waals surface area contributed by atoms with Gasteiger partial charge in [0.2, 0.25) is 0 Å². The summed E-state index contributed by atoms with van der Waals surface area (Å²) in [7, 11) is 1.62. The molecule has 1 aliphatic rings. The van der Waals surface area contributed by atoms with Crippen LogP contribution in [0.3, 0.4) is 0 Å². The molecule has 182 valence electrons. The summed E-state index contributed by atoms with van der Waals surface area (Å²) < 4.78 is 38.3. The van der Waals surface area contributed by atoms with E-state index in [9.17, 15) is 22.8 Å². The van der Waals surface area contributed by atoms with Crippen molar-refractivity contribution in [2.75, 3.05) is 30.0 Å². The standard InChI is InChI=1S/C25H27F3N2O2S2/c1-3-4-13-33-14-5-12-29-23(31)18-8-11-21-20(16-18)30(2)24(32)22(34-21)15-17-6-9-19(10-7-17)25(26,27)28/h6-11,15-16H,3-5,12-14H2,1-2H3,(H,29,31). The minimum absolute atomic E-state index is 0.182. The Balaban J connectivity index is 1.65. The molecular weight excluding hydrogens is 481 g/mol. The molecule has 34 heavy (non-hydrogen) atoms. The molecule has 0 fully saturated rings. The lowest BCUT2D eigenvalue weighted by Gasteiger charge is -2.27. The number of alkyl halides is 3. The fourth-order valence-corrected chi connectivity index (χ4v) is 5.42. The van der Waals surface area contributed by atoms with E-state index in [1.807, 2.05) is 11.8 Å². The first-order valence-corrected chi connectivity index (χ1v) is 13.0. The highest BCUT2D eigenvalue weighted by atomic mass is 32.2. The number of rotatable bonds is 9. The van der Waals surface area contributed by atoms with Crippen molar-refractivity contribution in [2.24, 2.45) is 0 Å². The summed E-state index contributed by atoms with van der Waals surface area (Å²) in [4.78, 5) is 28.1. The molecule has 0 aliphatic carbocycles. The van der Waals surface area contributed by atoms with Crippen LogP contribution >= 0.6 is 23.5 Å². The first-order valence-electron chi connectivity index (χ1n) is 11.1. The monoisotopic (exact) mass is 508 g/mol. The summed E-state index contributed by atoms with van der Waals surface area (Å²) in [6.07, 6.45) is 0.461. The van der Waals surface area contributed by atoms with Gasteiger partial charge in [-0.05, 0) is 66.3 Å². The number of hydrogen-bond acceptors (Lipinski definition) is 4. The number of amides is 2. The third-order valence-electron chi connectivity index (χ3n) is 5.25. The van der Waals surface area contributed by atoms with Crippen molar-refractivity contribution in [3.05, 3.63) is 64.1 Å². The van der Waals surface area contributed by atoms with Gasteiger partial charge >= 0.3 is 6.18 Å². The first kappa shape index (κ1) is 26.2. The van der Waals surface area contributed by atoms with Gasteiger partial charge in [-0.2, -0.15) is 24.9 Å². The van der Waals surface area contributed by atoms with Gasteiger partial charge in [-0.1, -0.05) is 37.2 Å². The maximum atomic E-state index is 12.9. The zero-order valence-corrected chi connectivity index (χ0v) is 20.7. The lowest BCUT2D eigenvalue weighted by atomic mass is 10.1. The minimum atomic E-state index is -4.40. The van der Waals surface area contributed by atoms with Crippen molar-refractivity contribution in [1.29, 1.82) is 0 Å². The van der Waals surface area contributed by atoms with Crippen molar-refractivity contribution in [3.8, 4) is 0 Å². The number of halogens is 3. The van der Waals surface area contributed by atoms with Crippen LogP contribution in [0.2, 0.25) is 0 Å². The molecule has 0 atom stereocenters. The quantitative estimate of drug-likeness (QED) is 0.312. The van der Waals surface area contributed by atoms with Crippen LogP contribution in [-0.2, 0) is 11.0 Å². The molecule has 0 saturated heterocycles. The van der Waals surface area contributed by atoms with Crippen molar-refractivity contribution in [3.63, 3.8) is 0 Å². The van der Waals surface area contributed by atoms with E-state index in [-0.39, 0.29) is 11.8 Å². The third kappa shape index (κ3) is 6.82. The van der Waals surface area contributed by atoms with E-state index in [1.165, 1.54) is 41.6 Å². The molecule has 0 radical (unpaired) electrons. The van der Waals surface area contributed by atoms with Crippen LogP contribution in [0.4, 0.5) is 18.9 Å². The van der Waals surface area contributed by atoms with Crippen LogP contribution in [0.25, 0.3) is 6.08 Å². The number of benzene rings is 2. The largest absolute Gasteiger partial charge is 0.416 e. The van der Waals surface area contributed by atoms with Crippen molar-refractivity contribution >= 4 is 47.1 Å². The zero-order chi connectivity index (χ0) is 24.7. The molecule has 0 saturated carbocycles.